The van der Waals surface area contributed by atoms with Crippen LogP contribution in [0.4, 0.5) is 14.5 Å². The molecule has 1 aliphatic carbocycles. The number of hydrogen-bond donors (Lipinski definition) is 1. The summed E-state index contributed by atoms with van der Waals surface area (Å²) in [5.41, 5.74) is 3.07. The van der Waals surface area contributed by atoms with E-state index in [1.807, 2.05) is 18.2 Å². The summed E-state index contributed by atoms with van der Waals surface area (Å²) in [4.78, 5) is 0. The van der Waals surface area contributed by atoms with E-state index >= 15 is 0 Å². The molecule has 0 aromatic heterocycles. The molecule has 19 heavy (non-hydrogen) atoms. The van der Waals surface area contributed by atoms with Crippen LogP contribution < -0.4 is 5.32 Å². The number of fused-ring (bicyclic) bond motifs is 1. The number of nitrogens with one attached hydrogen (secondary N) is 1. The monoisotopic (exact) mass is 279 g/mol. The van der Waals surface area contributed by atoms with E-state index in [9.17, 15) is 8.78 Å². The van der Waals surface area contributed by atoms with E-state index in [1.165, 1.54) is 17.2 Å². The van der Waals surface area contributed by atoms with Crippen molar-refractivity contribution in [3.8, 4) is 0 Å². The molecule has 1 aliphatic rings. The molecule has 4 heteroatoms. The second kappa shape index (κ2) is 4.82. The smallest absolute Gasteiger partial charge is 0.160 e. The van der Waals surface area contributed by atoms with Gasteiger partial charge in [0.1, 0.15) is 0 Å². The predicted octanol–water partition coefficient (Wildman–Crippen LogP) is 4.20. The first-order valence-corrected chi connectivity index (χ1v) is 6.48. The van der Waals surface area contributed by atoms with Gasteiger partial charge >= 0.3 is 0 Å². The van der Waals surface area contributed by atoms with E-state index < -0.39 is 11.6 Å². The summed E-state index contributed by atoms with van der Waals surface area (Å²) < 4.78 is 26.0. The summed E-state index contributed by atoms with van der Waals surface area (Å²) in [6, 6.07) is 9.92. The Labute approximate surface area is 115 Å². The molecule has 0 spiro atoms. The Balaban J connectivity index is 1.75. The first kappa shape index (κ1) is 12.4. The van der Waals surface area contributed by atoms with Gasteiger partial charge in [-0.05, 0) is 48.2 Å². The standard InChI is InChI=1S/C15H12ClF2N/c16-11-2-1-9-6-13(7-10(9)5-11)19-12-3-4-14(17)15(18)8-12/h1-5,8,13,19H,6-7H2. The van der Waals surface area contributed by atoms with Crippen molar-refractivity contribution in [1.82, 2.24) is 0 Å². The topological polar surface area (TPSA) is 12.0 Å². The van der Waals surface area contributed by atoms with Crippen LogP contribution in [0, 0.1) is 11.6 Å². The fourth-order valence-corrected chi connectivity index (χ4v) is 2.71. The number of halogens is 3. The highest BCUT2D eigenvalue weighted by Gasteiger charge is 2.21. The molecule has 2 aromatic rings. The van der Waals surface area contributed by atoms with Gasteiger partial charge < -0.3 is 5.32 Å². The third kappa shape index (κ3) is 2.56. The molecular weight excluding hydrogens is 268 g/mol. The predicted molar refractivity (Wildman–Crippen MR) is 72.6 cm³/mol. The van der Waals surface area contributed by atoms with Crippen molar-refractivity contribution in [2.75, 3.05) is 5.32 Å². The summed E-state index contributed by atoms with van der Waals surface area (Å²) in [6.07, 6.45) is 1.71. The molecule has 0 aliphatic heterocycles. The van der Waals surface area contributed by atoms with Crippen molar-refractivity contribution in [3.05, 3.63) is 64.2 Å². The lowest BCUT2D eigenvalue weighted by Crippen LogP contribution is -2.19. The van der Waals surface area contributed by atoms with Crippen molar-refractivity contribution < 1.29 is 8.78 Å². The quantitative estimate of drug-likeness (QED) is 0.869. The Hall–Kier alpha value is -1.61. The zero-order valence-corrected chi connectivity index (χ0v) is 10.8. The van der Waals surface area contributed by atoms with E-state index in [4.69, 9.17) is 11.6 Å². The van der Waals surface area contributed by atoms with Gasteiger partial charge in [-0.25, -0.2) is 8.78 Å². The second-order valence-electron chi connectivity index (χ2n) is 4.79. The summed E-state index contributed by atoms with van der Waals surface area (Å²) in [5.74, 6) is -1.66. The average Bonchev–Trinajstić information content (AvgIpc) is 2.75. The van der Waals surface area contributed by atoms with Gasteiger partial charge in [0.15, 0.2) is 11.6 Å². The Morgan fingerprint density at radius 1 is 0.947 bits per heavy atom. The van der Waals surface area contributed by atoms with E-state index in [1.54, 1.807) is 6.07 Å². The molecule has 1 atom stereocenters. The zero-order valence-electron chi connectivity index (χ0n) is 10.1. The lowest BCUT2D eigenvalue weighted by Gasteiger charge is -2.13. The molecule has 0 radical (unpaired) electrons. The van der Waals surface area contributed by atoms with Gasteiger partial charge in [0.05, 0.1) is 0 Å². The van der Waals surface area contributed by atoms with Gasteiger partial charge in [0.2, 0.25) is 0 Å². The minimum atomic E-state index is -0.830. The first-order chi connectivity index (χ1) is 9.11. The Kier molecular flexibility index (Phi) is 3.15. The molecule has 0 amide bonds. The summed E-state index contributed by atoms with van der Waals surface area (Å²) >= 11 is 5.96. The van der Waals surface area contributed by atoms with Crippen LogP contribution >= 0.6 is 11.6 Å². The molecule has 1 nitrogen and oxygen atoms in total. The zero-order chi connectivity index (χ0) is 13.4. The molecule has 1 unspecified atom stereocenters. The lowest BCUT2D eigenvalue weighted by molar-refractivity contribution is 0.509. The molecule has 0 saturated carbocycles. The fraction of sp³-hybridized carbons (Fsp3) is 0.200. The maximum atomic E-state index is 13.1. The molecule has 2 aromatic carbocycles. The third-order valence-electron chi connectivity index (χ3n) is 3.39. The number of rotatable bonds is 2. The normalized spacial score (nSPS) is 17.3. The molecule has 3 rings (SSSR count). The van der Waals surface area contributed by atoms with Crippen LogP contribution in [0.3, 0.4) is 0 Å². The lowest BCUT2D eigenvalue weighted by atomic mass is 10.1. The number of benzene rings is 2. The number of hydrogen-bond acceptors (Lipinski definition) is 1. The molecule has 1 N–H and O–H groups in total. The van der Waals surface area contributed by atoms with Crippen molar-refractivity contribution in [3.63, 3.8) is 0 Å². The molecular formula is C15H12ClF2N. The Morgan fingerprint density at radius 3 is 2.53 bits per heavy atom. The maximum Gasteiger partial charge on any atom is 0.160 e. The summed E-state index contributed by atoms with van der Waals surface area (Å²) in [5, 5.41) is 3.95. The molecule has 0 heterocycles. The SMILES string of the molecule is Fc1ccc(NC2Cc3ccc(Cl)cc3C2)cc1F. The third-order valence-corrected chi connectivity index (χ3v) is 3.63. The highest BCUT2D eigenvalue weighted by atomic mass is 35.5. The van der Waals surface area contributed by atoms with Crippen molar-refractivity contribution in [2.24, 2.45) is 0 Å². The van der Waals surface area contributed by atoms with Crippen LogP contribution in [-0.2, 0) is 12.8 Å². The van der Waals surface area contributed by atoms with E-state index in [0.29, 0.717) is 5.69 Å². The van der Waals surface area contributed by atoms with E-state index in [0.717, 1.165) is 23.9 Å². The maximum absolute atomic E-state index is 13.1. The molecule has 98 valence electrons. The molecule has 0 saturated heterocycles. The van der Waals surface area contributed by atoms with Crippen LogP contribution in [0.1, 0.15) is 11.1 Å². The van der Waals surface area contributed by atoms with Gasteiger partial charge in [0.25, 0.3) is 0 Å². The van der Waals surface area contributed by atoms with Gasteiger partial charge in [-0.2, -0.15) is 0 Å². The molecule has 0 bridgehead atoms. The van der Waals surface area contributed by atoms with Gasteiger partial charge in [-0.3, -0.25) is 0 Å². The highest BCUT2D eigenvalue weighted by Crippen LogP contribution is 2.27. The Morgan fingerprint density at radius 2 is 1.74 bits per heavy atom. The molecule has 0 fully saturated rings. The average molecular weight is 280 g/mol. The van der Waals surface area contributed by atoms with Crippen LogP contribution in [0.25, 0.3) is 0 Å². The second-order valence-corrected chi connectivity index (χ2v) is 5.23. The van der Waals surface area contributed by atoms with Crippen LogP contribution in [0.2, 0.25) is 5.02 Å². The van der Waals surface area contributed by atoms with E-state index in [-0.39, 0.29) is 6.04 Å². The van der Waals surface area contributed by atoms with Gasteiger partial charge in [-0.1, -0.05) is 17.7 Å². The fourth-order valence-electron chi connectivity index (χ4n) is 2.51. The number of anilines is 1. The van der Waals surface area contributed by atoms with Gasteiger partial charge in [-0.15, -0.1) is 0 Å². The van der Waals surface area contributed by atoms with Crippen LogP contribution in [-0.4, -0.2) is 6.04 Å². The Bertz CT molecular complexity index is 628. The van der Waals surface area contributed by atoms with Crippen molar-refractivity contribution >= 4 is 17.3 Å². The van der Waals surface area contributed by atoms with Crippen LogP contribution in [0.5, 0.6) is 0 Å². The largest absolute Gasteiger partial charge is 0.382 e. The first-order valence-electron chi connectivity index (χ1n) is 6.11. The minimum Gasteiger partial charge on any atom is -0.382 e. The highest BCUT2D eigenvalue weighted by molar-refractivity contribution is 6.30. The summed E-state index contributed by atoms with van der Waals surface area (Å²) in [6.45, 7) is 0. The summed E-state index contributed by atoms with van der Waals surface area (Å²) in [7, 11) is 0. The van der Waals surface area contributed by atoms with E-state index in [2.05, 4.69) is 5.32 Å². The minimum absolute atomic E-state index is 0.193. The van der Waals surface area contributed by atoms with Gasteiger partial charge in [0, 0.05) is 22.8 Å². The van der Waals surface area contributed by atoms with Crippen LogP contribution in [0.15, 0.2) is 36.4 Å². The van der Waals surface area contributed by atoms with Crippen molar-refractivity contribution in [1.29, 1.82) is 0 Å². The van der Waals surface area contributed by atoms with Crippen molar-refractivity contribution in [2.45, 2.75) is 18.9 Å².